The fraction of sp³-hybridized carbons (Fsp3) is 0.143. The number of nitrogen functional groups attached to an aromatic ring is 1. The van der Waals surface area contributed by atoms with Crippen molar-refractivity contribution in [3.8, 4) is 5.75 Å². The number of benzene rings is 2. The standard InChI is InChI=1S/C21H18N6O5/c1-27-17(28)12-8-7-11(9-13(12)18(27)29)19(30)32-10-16-24-20(22)26-21(25-16)23-14-5-3-4-6-15(14)31-2/h3-9H,10H2,1-2H3,(H3,22,23,24,25,26). The van der Waals surface area contributed by atoms with Crippen LogP contribution in [0.5, 0.6) is 5.75 Å². The molecule has 32 heavy (non-hydrogen) atoms. The molecule has 0 fully saturated rings. The van der Waals surface area contributed by atoms with E-state index in [1.165, 1.54) is 32.4 Å². The Morgan fingerprint density at radius 1 is 1.06 bits per heavy atom. The van der Waals surface area contributed by atoms with Crippen molar-refractivity contribution in [3.05, 3.63) is 65.0 Å². The quantitative estimate of drug-likeness (QED) is 0.434. The lowest BCUT2D eigenvalue weighted by Gasteiger charge is -2.11. The molecule has 162 valence electrons. The van der Waals surface area contributed by atoms with Crippen LogP contribution in [0.4, 0.5) is 17.6 Å². The number of imide groups is 1. The van der Waals surface area contributed by atoms with Gasteiger partial charge in [0.05, 0.1) is 29.5 Å². The number of methoxy groups -OCH3 is 1. The van der Waals surface area contributed by atoms with Crippen LogP contribution in [0.3, 0.4) is 0 Å². The van der Waals surface area contributed by atoms with Crippen LogP contribution < -0.4 is 15.8 Å². The normalized spacial score (nSPS) is 12.5. The molecule has 0 bridgehead atoms. The molecule has 11 nitrogen and oxygen atoms in total. The highest BCUT2D eigenvalue weighted by Crippen LogP contribution is 2.26. The number of nitrogens with one attached hydrogen (secondary N) is 1. The van der Waals surface area contributed by atoms with Crippen LogP contribution in [-0.2, 0) is 11.3 Å². The van der Waals surface area contributed by atoms with E-state index < -0.39 is 17.8 Å². The average Bonchev–Trinajstić information content (AvgIpc) is 3.01. The van der Waals surface area contributed by atoms with Crippen LogP contribution in [0.1, 0.15) is 36.9 Å². The summed E-state index contributed by atoms with van der Waals surface area (Å²) in [5.74, 6) is -0.811. The third-order valence-electron chi connectivity index (χ3n) is 4.71. The number of para-hydroxylation sites is 2. The summed E-state index contributed by atoms with van der Waals surface area (Å²) in [5.41, 5.74) is 6.89. The second-order valence-electron chi connectivity index (χ2n) is 6.76. The van der Waals surface area contributed by atoms with Gasteiger partial charge in [-0.1, -0.05) is 12.1 Å². The molecule has 0 radical (unpaired) electrons. The number of nitrogens with zero attached hydrogens (tertiary/aromatic N) is 4. The average molecular weight is 434 g/mol. The van der Waals surface area contributed by atoms with Gasteiger partial charge < -0.3 is 20.5 Å². The summed E-state index contributed by atoms with van der Waals surface area (Å²) >= 11 is 0. The van der Waals surface area contributed by atoms with E-state index in [4.69, 9.17) is 15.2 Å². The Morgan fingerprint density at radius 3 is 2.59 bits per heavy atom. The topological polar surface area (TPSA) is 150 Å². The number of rotatable bonds is 6. The SMILES string of the molecule is COc1ccccc1Nc1nc(N)nc(COC(=O)c2ccc3c(c2)C(=O)N(C)C3=O)n1. The Balaban J connectivity index is 1.48. The molecule has 3 aromatic rings. The van der Waals surface area contributed by atoms with Crippen LogP contribution in [0.25, 0.3) is 0 Å². The molecule has 0 saturated heterocycles. The number of esters is 1. The number of nitrogens with two attached hydrogens (primary N) is 1. The van der Waals surface area contributed by atoms with Gasteiger partial charge >= 0.3 is 5.97 Å². The van der Waals surface area contributed by atoms with Gasteiger partial charge in [-0.25, -0.2) is 4.79 Å². The largest absolute Gasteiger partial charge is 0.495 e. The van der Waals surface area contributed by atoms with Gasteiger partial charge in [0, 0.05) is 7.05 Å². The summed E-state index contributed by atoms with van der Waals surface area (Å²) in [6.07, 6.45) is 0. The van der Waals surface area contributed by atoms with Crippen LogP contribution in [0.2, 0.25) is 0 Å². The summed E-state index contributed by atoms with van der Waals surface area (Å²) < 4.78 is 10.5. The highest BCUT2D eigenvalue weighted by molar-refractivity contribution is 6.21. The molecule has 4 rings (SSSR count). The maximum Gasteiger partial charge on any atom is 0.338 e. The number of fused-ring (bicyclic) bond motifs is 1. The van der Waals surface area contributed by atoms with Crippen molar-refractivity contribution < 1.29 is 23.9 Å². The minimum atomic E-state index is -0.708. The molecule has 0 aliphatic carbocycles. The van der Waals surface area contributed by atoms with E-state index in [9.17, 15) is 14.4 Å². The minimum Gasteiger partial charge on any atom is -0.495 e. The first-order valence-electron chi connectivity index (χ1n) is 9.41. The molecular formula is C21H18N6O5. The van der Waals surface area contributed by atoms with Gasteiger partial charge in [-0.2, -0.15) is 15.0 Å². The van der Waals surface area contributed by atoms with E-state index in [0.29, 0.717) is 11.4 Å². The zero-order chi connectivity index (χ0) is 22.8. The summed E-state index contributed by atoms with van der Waals surface area (Å²) in [7, 11) is 2.91. The number of aromatic nitrogens is 3. The maximum atomic E-state index is 12.5. The van der Waals surface area contributed by atoms with Crippen molar-refractivity contribution in [2.45, 2.75) is 6.61 Å². The molecule has 2 aromatic carbocycles. The predicted molar refractivity (Wildman–Crippen MR) is 113 cm³/mol. The van der Waals surface area contributed by atoms with Crippen LogP contribution >= 0.6 is 0 Å². The predicted octanol–water partition coefficient (Wildman–Crippen LogP) is 1.79. The lowest BCUT2D eigenvalue weighted by molar-refractivity contribution is 0.0462. The molecule has 1 aromatic heterocycles. The molecule has 0 spiro atoms. The number of hydrogen-bond donors (Lipinski definition) is 2. The third kappa shape index (κ3) is 3.90. The van der Waals surface area contributed by atoms with E-state index in [-0.39, 0.29) is 41.0 Å². The number of carbonyl (C=O) groups excluding carboxylic acids is 3. The lowest BCUT2D eigenvalue weighted by Crippen LogP contribution is -2.24. The van der Waals surface area contributed by atoms with E-state index in [1.807, 2.05) is 12.1 Å². The van der Waals surface area contributed by atoms with E-state index >= 15 is 0 Å². The lowest BCUT2D eigenvalue weighted by atomic mass is 10.1. The first-order valence-corrected chi connectivity index (χ1v) is 9.41. The molecule has 2 amide bonds. The zero-order valence-corrected chi connectivity index (χ0v) is 17.2. The minimum absolute atomic E-state index is 0.0619. The Kier molecular flexibility index (Phi) is 5.37. The van der Waals surface area contributed by atoms with Crippen LogP contribution in [0, 0.1) is 0 Å². The molecule has 11 heteroatoms. The first kappa shape index (κ1) is 20.7. The molecule has 0 atom stereocenters. The Labute approximate surface area is 182 Å². The summed E-state index contributed by atoms with van der Waals surface area (Å²) in [6, 6.07) is 11.3. The van der Waals surface area contributed by atoms with Crippen molar-refractivity contribution in [1.29, 1.82) is 0 Å². The molecule has 1 aliphatic heterocycles. The Morgan fingerprint density at radius 2 is 1.81 bits per heavy atom. The van der Waals surface area contributed by atoms with Gasteiger partial charge in [-0.05, 0) is 30.3 Å². The monoisotopic (exact) mass is 434 g/mol. The van der Waals surface area contributed by atoms with Crippen molar-refractivity contribution in [2.24, 2.45) is 0 Å². The molecule has 0 unspecified atom stereocenters. The van der Waals surface area contributed by atoms with Crippen molar-refractivity contribution in [2.75, 3.05) is 25.2 Å². The number of ether oxygens (including phenoxy) is 2. The molecule has 1 aliphatic rings. The highest BCUT2D eigenvalue weighted by Gasteiger charge is 2.33. The fourth-order valence-electron chi connectivity index (χ4n) is 3.13. The van der Waals surface area contributed by atoms with Gasteiger partial charge in [-0.3, -0.25) is 14.5 Å². The highest BCUT2D eigenvalue weighted by atomic mass is 16.5. The zero-order valence-electron chi connectivity index (χ0n) is 17.2. The number of carbonyl (C=O) groups is 3. The summed E-state index contributed by atoms with van der Waals surface area (Å²) in [5, 5.41) is 2.98. The summed E-state index contributed by atoms with van der Waals surface area (Å²) in [6.45, 7) is -0.282. The summed E-state index contributed by atoms with van der Waals surface area (Å²) in [4.78, 5) is 49.8. The fourth-order valence-corrected chi connectivity index (χ4v) is 3.13. The number of hydrogen-bond acceptors (Lipinski definition) is 10. The Hall–Kier alpha value is -4.54. The Bertz CT molecular complexity index is 1250. The van der Waals surface area contributed by atoms with Gasteiger partial charge in [0.1, 0.15) is 5.75 Å². The van der Waals surface area contributed by atoms with E-state index in [0.717, 1.165) is 4.90 Å². The van der Waals surface area contributed by atoms with Crippen molar-refractivity contribution in [1.82, 2.24) is 19.9 Å². The van der Waals surface area contributed by atoms with E-state index in [1.54, 1.807) is 12.1 Å². The smallest absolute Gasteiger partial charge is 0.338 e. The second-order valence-corrected chi connectivity index (χ2v) is 6.76. The number of anilines is 3. The maximum absolute atomic E-state index is 12.5. The molecule has 3 N–H and O–H groups in total. The number of amides is 2. The molecule has 2 heterocycles. The first-order chi connectivity index (χ1) is 15.4. The molecule has 0 saturated carbocycles. The second kappa shape index (κ2) is 8.30. The van der Waals surface area contributed by atoms with Gasteiger partial charge in [0.25, 0.3) is 11.8 Å². The van der Waals surface area contributed by atoms with Gasteiger partial charge in [0.2, 0.25) is 11.9 Å². The van der Waals surface area contributed by atoms with Crippen molar-refractivity contribution >= 4 is 35.4 Å². The van der Waals surface area contributed by atoms with Gasteiger partial charge in [0.15, 0.2) is 12.4 Å². The van der Waals surface area contributed by atoms with Crippen LogP contribution in [0.15, 0.2) is 42.5 Å². The van der Waals surface area contributed by atoms with Crippen molar-refractivity contribution in [3.63, 3.8) is 0 Å². The third-order valence-corrected chi connectivity index (χ3v) is 4.71. The van der Waals surface area contributed by atoms with E-state index in [2.05, 4.69) is 20.3 Å². The van der Waals surface area contributed by atoms with Crippen LogP contribution in [-0.4, -0.2) is 51.8 Å². The van der Waals surface area contributed by atoms with Gasteiger partial charge in [-0.15, -0.1) is 0 Å². The molecular weight excluding hydrogens is 416 g/mol.